The summed E-state index contributed by atoms with van der Waals surface area (Å²) in [4.78, 5) is 12.3. The first-order valence-electron chi connectivity index (χ1n) is 8.60. The third-order valence-corrected chi connectivity index (χ3v) is 4.39. The normalized spacial score (nSPS) is 11.5. The fourth-order valence-corrected chi connectivity index (χ4v) is 2.65. The van der Waals surface area contributed by atoms with E-state index in [0.29, 0.717) is 18.0 Å². The largest absolute Gasteiger partial charge is 0.489 e. The van der Waals surface area contributed by atoms with Gasteiger partial charge in [0.15, 0.2) is 6.10 Å². The summed E-state index contributed by atoms with van der Waals surface area (Å²) >= 11 is 3.37. The van der Waals surface area contributed by atoms with E-state index in [9.17, 15) is 4.79 Å². The van der Waals surface area contributed by atoms with Crippen molar-refractivity contribution in [2.75, 3.05) is 5.32 Å². The monoisotopic (exact) mass is 425 g/mol. The van der Waals surface area contributed by atoms with Crippen LogP contribution < -0.4 is 14.8 Å². The van der Waals surface area contributed by atoms with E-state index in [1.807, 2.05) is 78.9 Å². The zero-order valence-corrected chi connectivity index (χ0v) is 16.5. The predicted molar refractivity (Wildman–Crippen MR) is 110 cm³/mol. The highest BCUT2D eigenvalue weighted by atomic mass is 79.9. The molecule has 0 saturated carbocycles. The van der Waals surface area contributed by atoms with E-state index in [2.05, 4.69) is 21.2 Å². The van der Waals surface area contributed by atoms with Gasteiger partial charge in [-0.1, -0.05) is 46.3 Å². The summed E-state index contributed by atoms with van der Waals surface area (Å²) in [7, 11) is 0. The van der Waals surface area contributed by atoms with Gasteiger partial charge in [-0.3, -0.25) is 4.79 Å². The minimum atomic E-state index is -0.611. The average Bonchev–Trinajstić information content (AvgIpc) is 2.70. The predicted octanol–water partition coefficient (Wildman–Crippen LogP) is 5.43. The molecule has 0 heterocycles. The molecule has 0 bridgehead atoms. The number of rotatable bonds is 7. The highest BCUT2D eigenvalue weighted by molar-refractivity contribution is 9.10. The lowest BCUT2D eigenvalue weighted by Crippen LogP contribution is -2.30. The van der Waals surface area contributed by atoms with E-state index in [0.717, 1.165) is 15.8 Å². The number of hydrogen-bond donors (Lipinski definition) is 1. The number of amides is 1. The van der Waals surface area contributed by atoms with Crippen LogP contribution in [-0.4, -0.2) is 12.0 Å². The van der Waals surface area contributed by atoms with Gasteiger partial charge in [-0.2, -0.15) is 0 Å². The molecule has 0 aliphatic heterocycles. The van der Waals surface area contributed by atoms with Crippen molar-refractivity contribution in [2.24, 2.45) is 0 Å². The summed E-state index contributed by atoms with van der Waals surface area (Å²) in [6.07, 6.45) is -0.611. The Morgan fingerprint density at radius 3 is 2.22 bits per heavy atom. The number of benzene rings is 3. The zero-order valence-electron chi connectivity index (χ0n) is 14.9. The minimum absolute atomic E-state index is 0.212. The molecule has 0 spiro atoms. The lowest BCUT2D eigenvalue weighted by molar-refractivity contribution is -0.122. The second-order valence-electron chi connectivity index (χ2n) is 6.00. The molecule has 0 aliphatic rings. The van der Waals surface area contributed by atoms with Gasteiger partial charge in [-0.25, -0.2) is 0 Å². The van der Waals surface area contributed by atoms with Gasteiger partial charge in [0.1, 0.15) is 18.1 Å². The quantitative estimate of drug-likeness (QED) is 0.548. The van der Waals surface area contributed by atoms with Gasteiger partial charge < -0.3 is 14.8 Å². The summed E-state index contributed by atoms with van der Waals surface area (Å²) in [6, 6.07) is 24.6. The molecular weight excluding hydrogens is 406 g/mol. The molecule has 1 amide bonds. The van der Waals surface area contributed by atoms with Gasteiger partial charge in [0, 0.05) is 10.2 Å². The first-order chi connectivity index (χ1) is 13.1. The van der Waals surface area contributed by atoms with Crippen LogP contribution in [0.2, 0.25) is 0 Å². The van der Waals surface area contributed by atoms with Crippen molar-refractivity contribution in [1.29, 1.82) is 0 Å². The van der Waals surface area contributed by atoms with Crippen LogP contribution in [0.5, 0.6) is 11.5 Å². The van der Waals surface area contributed by atoms with Gasteiger partial charge in [0.25, 0.3) is 5.91 Å². The van der Waals surface area contributed by atoms with Crippen molar-refractivity contribution in [3.05, 3.63) is 88.9 Å². The van der Waals surface area contributed by atoms with Gasteiger partial charge in [0.05, 0.1) is 0 Å². The van der Waals surface area contributed by atoms with E-state index in [1.165, 1.54) is 0 Å². The Bertz CT molecular complexity index is 864. The molecule has 138 valence electrons. The molecule has 3 rings (SSSR count). The van der Waals surface area contributed by atoms with Gasteiger partial charge >= 0.3 is 0 Å². The Morgan fingerprint density at radius 1 is 0.926 bits per heavy atom. The average molecular weight is 426 g/mol. The molecule has 27 heavy (non-hydrogen) atoms. The van der Waals surface area contributed by atoms with E-state index < -0.39 is 6.10 Å². The second-order valence-corrected chi connectivity index (χ2v) is 6.92. The first kappa shape index (κ1) is 19.0. The molecule has 3 aromatic carbocycles. The molecule has 5 heteroatoms. The van der Waals surface area contributed by atoms with Crippen LogP contribution in [0.25, 0.3) is 0 Å². The Labute approximate surface area is 167 Å². The van der Waals surface area contributed by atoms with Crippen LogP contribution in [0.4, 0.5) is 5.69 Å². The molecule has 0 unspecified atom stereocenters. The number of ether oxygens (including phenoxy) is 2. The summed E-state index contributed by atoms with van der Waals surface area (Å²) < 4.78 is 12.4. The van der Waals surface area contributed by atoms with E-state index >= 15 is 0 Å². The molecule has 0 saturated heterocycles. The summed E-state index contributed by atoms with van der Waals surface area (Å²) in [5.41, 5.74) is 1.80. The van der Waals surface area contributed by atoms with Crippen LogP contribution in [0.15, 0.2) is 83.3 Å². The SMILES string of the molecule is C[C@@H](Oc1ccc(Br)cc1)C(=O)Nc1ccc(OCc2ccccc2)cc1. The topological polar surface area (TPSA) is 47.6 Å². The minimum Gasteiger partial charge on any atom is -0.489 e. The summed E-state index contributed by atoms with van der Waals surface area (Å²) in [5, 5.41) is 2.85. The molecule has 1 atom stereocenters. The zero-order chi connectivity index (χ0) is 19.1. The van der Waals surface area contributed by atoms with Crippen molar-refractivity contribution in [1.82, 2.24) is 0 Å². The van der Waals surface area contributed by atoms with Crippen molar-refractivity contribution in [2.45, 2.75) is 19.6 Å². The van der Waals surface area contributed by atoms with Crippen LogP contribution in [0, 0.1) is 0 Å². The van der Waals surface area contributed by atoms with Crippen LogP contribution >= 0.6 is 15.9 Å². The molecule has 0 aliphatic carbocycles. The number of hydrogen-bond acceptors (Lipinski definition) is 3. The Balaban J connectivity index is 1.51. The van der Waals surface area contributed by atoms with Crippen LogP contribution in [0.1, 0.15) is 12.5 Å². The maximum atomic E-state index is 12.3. The van der Waals surface area contributed by atoms with Crippen LogP contribution in [-0.2, 0) is 11.4 Å². The Hall–Kier alpha value is -2.79. The maximum Gasteiger partial charge on any atom is 0.265 e. The Morgan fingerprint density at radius 2 is 1.56 bits per heavy atom. The molecule has 3 aromatic rings. The third-order valence-electron chi connectivity index (χ3n) is 3.87. The molecule has 0 aromatic heterocycles. The third kappa shape index (κ3) is 5.86. The smallest absolute Gasteiger partial charge is 0.265 e. The molecule has 0 fully saturated rings. The van der Waals surface area contributed by atoms with E-state index in [-0.39, 0.29) is 5.91 Å². The molecule has 4 nitrogen and oxygen atoms in total. The summed E-state index contributed by atoms with van der Waals surface area (Å²) in [6.45, 7) is 2.22. The number of carbonyl (C=O) groups excluding carboxylic acids is 1. The fourth-order valence-electron chi connectivity index (χ4n) is 2.39. The summed E-state index contributed by atoms with van der Waals surface area (Å²) in [5.74, 6) is 1.18. The van der Waals surface area contributed by atoms with Gasteiger partial charge in [0.2, 0.25) is 0 Å². The van der Waals surface area contributed by atoms with Crippen molar-refractivity contribution >= 4 is 27.5 Å². The maximum absolute atomic E-state index is 12.3. The highest BCUT2D eigenvalue weighted by Crippen LogP contribution is 2.19. The molecule has 1 N–H and O–H groups in total. The lowest BCUT2D eigenvalue weighted by Gasteiger charge is -2.15. The number of carbonyl (C=O) groups is 1. The molecule has 0 radical (unpaired) electrons. The van der Waals surface area contributed by atoms with E-state index in [1.54, 1.807) is 6.92 Å². The van der Waals surface area contributed by atoms with E-state index in [4.69, 9.17) is 9.47 Å². The number of anilines is 1. The highest BCUT2D eigenvalue weighted by Gasteiger charge is 2.15. The van der Waals surface area contributed by atoms with Crippen molar-refractivity contribution in [3.63, 3.8) is 0 Å². The Kier molecular flexibility index (Phi) is 6.49. The van der Waals surface area contributed by atoms with Gasteiger partial charge in [-0.05, 0) is 61.0 Å². The van der Waals surface area contributed by atoms with Crippen molar-refractivity contribution in [3.8, 4) is 11.5 Å². The number of nitrogens with one attached hydrogen (secondary N) is 1. The standard InChI is InChI=1S/C22H20BrNO3/c1-16(27-21-11-7-18(23)8-12-21)22(25)24-19-9-13-20(14-10-19)26-15-17-5-3-2-4-6-17/h2-14,16H,15H2,1H3,(H,24,25)/t16-/m1/s1. The first-order valence-corrected chi connectivity index (χ1v) is 9.39. The van der Waals surface area contributed by atoms with Crippen LogP contribution in [0.3, 0.4) is 0 Å². The molecular formula is C22H20BrNO3. The number of halogens is 1. The second kappa shape index (κ2) is 9.24. The lowest BCUT2D eigenvalue weighted by atomic mass is 10.2. The van der Waals surface area contributed by atoms with Crippen molar-refractivity contribution < 1.29 is 14.3 Å². The van der Waals surface area contributed by atoms with Gasteiger partial charge in [-0.15, -0.1) is 0 Å². The fraction of sp³-hybridized carbons (Fsp3) is 0.136.